The Kier molecular flexibility index (Phi) is 3.50. The number of fused-ring (bicyclic) bond motifs is 1. The molecule has 1 aromatic heterocycles. The fourth-order valence-electron chi connectivity index (χ4n) is 2.11. The van der Waals surface area contributed by atoms with Gasteiger partial charge in [-0.3, -0.25) is 9.89 Å². The molecule has 0 atom stereocenters. The highest BCUT2D eigenvalue weighted by Crippen LogP contribution is 2.19. The second-order valence-corrected chi connectivity index (χ2v) is 5.12. The molecule has 4 N–H and O–H groups in total. The standard InChI is InChI=1S/C15H13ClN4O/c16-11-3-1-2-9(6-11)8-18-15(21)10-4-5-12-13(7-10)19-20-14(12)17/h1-7H,8H2,(H,18,21)(H3,17,19,20). The third-order valence-electron chi connectivity index (χ3n) is 3.20. The number of nitrogens with one attached hydrogen (secondary N) is 2. The summed E-state index contributed by atoms with van der Waals surface area (Å²) in [4.78, 5) is 12.1. The maximum Gasteiger partial charge on any atom is 0.251 e. The number of hydrogen-bond donors (Lipinski definition) is 3. The van der Waals surface area contributed by atoms with E-state index in [1.165, 1.54) is 0 Å². The van der Waals surface area contributed by atoms with Gasteiger partial charge < -0.3 is 11.1 Å². The fourth-order valence-corrected chi connectivity index (χ4v) is 2.33. The van der Waals surface area contributed by atoms with Crippen LogP contribution in [-0.4, -0.2) is 16.1 Å². The predicted molar refractivity (Wildman–Crippen MR) is 83.1 cm³/mol. The Balaban J connectivity index is 1.74. The first-order valence-electron chi connectivity index (χ1n) is 6.40. The van der Waals surface area contributed by atoms with Crippen LogP contribution in [0.3, 0.4) is 0 Å². The van der Waals surface area contributed by atoms with Crippen molar-refractivity contribution in [3.8, 4) is 0 Å². The van der Waals surface area contributed by atoms with Crippen molar-refractivity contribution in [2.45, 2.75) is 6.54 Å². The van der Waals surface area contributed by atoms with Crippen LogP contribution >= 0.6 is 11.6 Å². The minimum atomic E-state index is -0.162. The summed E-state index contributed by atoms with van der Waals surface area (Å²) in [6.07, 6.45) is 0. The lowest BCUT2D eigenvalue weighted by Crippen LogP contribution is -2.22. The first-order chi connectivity index (χ1) is 10.1. The van der Waals surface area contributed by atoms with Gasteiger partial charge in [0.05, 0.1) is 5.52 Å². The van der Waals surface area contributed by atoms with Gasteiger partial charge in [-0.25, -0.2) is 0 Å². The molecular formula is C15H13ClN4O. The van der Waals surface area contributed by atoms with Crippen LogP contribution in [0.15, 0.2) is 42.5 Å². The molecule has 1 amide bonds. The van der Waals surface area contributed by atoms with Crippen LogP contribution in [0.2, 0.25) is 5.02 Å². The third-order valence-corrected chi connectivity index (χ3v) is 3.43. The molecule has 0 saturated heterocycles. The Bertz CT molecular complexity index is 812. The van der Waals surface area contributed by atoms with Crippen molar-refractivity contribution in [1.82, 2.24) is 15.5 Å². The highest BCUT2D eigenvalue weighted by atomic mass is 35.5. The summed E-state index contributed by atoms with van der Waals surface area (Å²) in [5.74, 6) is 0.265. The van der Waals surface area contributed by atoms with Crippen molar-refractivity contribution >= 4 is 34.2 Å². The van der Waals surface area contributed by atoms with E-state index in [1.807, 2.05) is 18.2 Å². The average molecular weight is 301 g/mol. The summed E-state index contributed by atoms with van der Waals surface area (Å²) >= 11 is 5.91. The molecule has 6 heteroatoms. The number of nitrogens with zero attached hydrogens (tertiary/aromatic N) is 1. The van der Waals surface area contributed by atoms with E-state index in [4.69, 9.17) is 17.3 Å². The molecule has 3 aromatic rings. The monoisotopic (exact) mass is 300 g/mol. The molecule has 0 aliphatic heterocycles. The molecule has 0 aliphatic carbocycles. The summed E-state index contributed by atoms with van der Waals surface area (Å²) in [5, 5.41) is 11.0. The summed E-state index contributed by atoms with van der Waals surface area (Å²) in [6.45, 7) is 0.419. The number of aromatic nitrogens is 2. The van der Waals surface area contributed by atoms with Gasteiger partial charge in [0.2, 0.25) is 0 Å². The van der Waals surface area contributed by atoms with Crippen molar-refractivity contribution in [2.24, 2.45) is 0 Å². The van der Waals surface area contributed by atoms with Gasteiger partial charge in [0.15, 0.2) is 5.82 Å². The number of carbonyl (C=O) groups excluding carboxylic acids is 1. The minimum absolute atomic E-state index is 0.162. The number of carbonyl (C=O) groups is 1. The summed E-state index contributed by atoms with van der Waals surface area (Å²) in [6, 6.07) is 12.6. The molecule has 0 bridgehead atoms. The molecular weight excluding hydrogens is 288 g/mol. The SMILES string of the molecule is Nc1n[nH]c2cc(C(=O)NCc3cccc(Cl)c3)ccc12. The second kappa shape index (κ2) is 5.46. The van der Waals surface area contributed by atoms with Crippen molar-refractivity contribution in [3.63, 3.8) is 0 Å². The van der Waals surface area contributed by atoms with Gasteiger partial charge in [-0.1, -0.05) is 23.7 Å². The van der Waals surface area contributed by atoms with Gasteiger partial charge in [-0.2, -0.15) is 5.10 Å². The van der Waals surface area contributed by atoms with Crippen molar-refractivity contribution in [3.05, 3.63) is 58.6 Å². The lowest BCUT2D eigenvalue weighted by Gasteiger charge is -2.06. The fraction of sp³-hybridized carbons (Fsp3) is 0.0667. The van der Waals surface area contributed by atoms with E-state index in [-0.39, 0.29) is 5.91 Å². The van der Waals surface area contributed by atoms with Crippen LogP contribution in [0.5, 0.6) is 0 Å². The molecule has 0 fully saturated rings. The summed E-state index contributed by atoms with van der Waals surface area (Å²) in [5.41, 5.74) is 7.93. The van der Waals surface area contributed by atoms with Gasteiger partial charge >= 0.3 is 0 Å². The summed E-state index contributed by atoms with van der Waals surface area (Å²) in [7, 11) is 0. The molecule has 5 nitrogen and oxygen atoms in total. The maximum atomic E-state index is 12.1. The zero-order chi connectivity index (χ0) is 14.8. The molecule has 0 spiro atoms. The van der Waals surface area contributed by atoms with Gasteiger partial charge in [-0.05, 0) is 35.9 Å². The molecule has 0 aliphatic rings. The van der Waals surface area contributed by atoms with Crippen LogP contribution in [0.4, 0.5) is 5.82 Å². The van der Waals surface area contributed by atoms with Crippen molar-refractivity contribution < 1.29 is 4.79 Å². The number of nitrogen functional groups attached to an aromatic ring is 1. The van der Waals surface area contributed by atoms with Gasteiger partial charge in [-0.15, -0.1) is 0 Å². The van der Waals surface area contributed by atoms with E-state index in [9.17, 15) is 4.79 Å². The van der Waals surface area contributed by atoms with E-state index >= 15 is 0 Å². The van der Waals surface area contributed by atoms with Crippen LogP contribution in [0.25, 0.3) is 10.9 Å². The number of amides is 1. The Hall–Kier alpha value is -2.53. The second-order valence-electron chi connectivity index (χ2n) is 4.68. The number of benzene rings is 2. The first-order valence-corrected chi connectivity index (χ1v) is 6.77. The highest BCUT2D eigenvalue weighted by Gasteiger charge is 2.09. The van der Waals surface area contributed by atoms with Crippen molar-refractivity contribution in [2.75, 3.05) is 5.73 Å². The van der Waals surface area contributed by atoms with Crippen LogP contribution < -0.4 is 11.1 Å². The Morgan fingerprint density at radius 1 is 1.29 bits per heavy atom. The van der Waals surface area contributed by atoms with E-state index in [0.29, 0.717) is 22.9 Å². The van der Waals surface area contributed by atoms with Crippen molar-refractivity contribution in [1.29, 1.82) is 0 Å². The number of hydrogen-bond acceptors (Lipinski definition) is 3. The number of anilines is 1. The smallest absolute Gasteiger partial charge is 0.251 e. The van der Waals surface area contributed by atoms with E-state index in [2.05, 4.69) is 15.5 Å². The van der Waals surface area contributed by atoms with E-state index < -0.39 is 0 Å². The Morgan fingerprint density at radius 3 is 2.95 bits per heavy atom. The molecule has 21 heavy (non-hydrogen) atoms. The number of rotatable bonds is 3. The summed E-state index contributed by atoms with van der Waals surface area (Å²) < 4.78 is 0. The molecule has 1 heterocycles. The van der Waals surface area contributed by atoms with E-state index in [1.54, 1.807) is 24.3 Å². The zero-order valence-electron chi connectivity index (χ0n) is 11.1. The van der Waals surface area contributed by atoms with Gasteiger partial charge in [0, 0.05) is 22.5 Å². The molecule has 0 radical (unpaired) electrons. The lowest BCUT2D eigenvalue weighted by atomic mass is 10.1. The number of aromatic amines is 1. The average Bonchev–Trinajstić information content (AvgIpc) is 2.86. The van der Waals surface area contributed by atoms with Crippen LogP contribution in [-0.2, 0) is 6.54 Å². The molecule has 0 saturated carbocycles. The third kappa shape index (κ3) is 2.83. The predicted octanol–water partition coefficient (Wildman–Crippen LogP) is 2.73. The molecule has 106 valence electrons. The number of H-pyrrole nitrogens is 1. The molecule has 0 unspecified atom stereocenters. The van der Waals surface area contributed by atoms with Gasteiger partial charge in [0.1, 0.15) is 0 Å². The normalized spacial score (nSPS) is 10.7. The highest BCUT2D eigenvalue weighted by molar-refractivity contribution is 6.30. The van der Waals surface area contributed by atoms with Crippen LogP contribution in [0, 0.1) is 0 Å². The Labute approximate surface area is 126 Å². The number of nitrogens with two attached hydrogens (primary N) is 1. The quantitative estimate of drug-likeness (QED) is 0.695. The van der Waals surface area contributed by atoms with Gasteiger partial charge in [0.25, 0.3) is 5.91 Å². The first kappa shape index (κ1) is 13.5. The Morgan fingerprint density at radius 2 is 2.14 bits per heavy atom. The number of halogens is 1. The molecule has 2 aromatic carbocycles. The lowest BCUT2D eigenvalue weighted by molar-refractivity contribution is 0.0951. The topological polar surface area (TPSA) is 83.8 Å². The minimum Gasteiger partial charge on any atom is -0.382 e. The van der Waals surface area contributed by atoms with E-state index in [0.717, 1.165) is 16.5 Å². The largest absolute Gasteiger partial charge is 0.382 e. The maximum absolute atomic E-state index is 12.1. The molecule has 3 rings (SSSR count). The van der Waals surface area contributed by atoms with Crippen LogP contribution in [0.1, 0.15) is 15.9 Å². The zero-order valence-corrected chi connectivity index (χ0v) is 11.8.